The molecule has 0 aliphatic rings. The van der Waals surface area contributed by atoms with E-state index in [0.29, 0.717) is 0 Å². The van der Waals surface area contributed by atoms with E-state index in [1.807, 2.05) is 11.8 Å². The van der Waals surface area contributed by atoms with E-state index in [2.05, 4.69) is 30.8 Å². The van der Waals surface area contributed by atoms with Crippen LogP contribution in [0.25, 0.3) is 0 Å². The van der Waals surface area contributed by atoms with E-state index >= 15 is 0 Å². The second-order valence-electron chi connectivity index (χ2n) is 3.57. The minimum absolute atomic E-state index is 0.451. The summed E-state index contributed by atoms with van der Waals surface area (Å²) in [6.45, 7) is 6.04. The third kappa shape index (κ3) is 6.56. The predicted molar refractivity (Wildman–Crippen MR) is 70.3 cm³/mol. The lowest BCUT2D eigenvalue weighted by Gasteiger charge is -2.04. The fraction of sp³-hybridized carbons (Fsp3) is 0.385. The molecule has 0 fully saturated rings. The second-order valence-corrected chi connectivity index (χ2v) is 4.88. The van der Waals surface area contributed by atoms with Crippen molar-refractivity contribution < 1.29 is 9.16 Å². The predicted octanol–water partition coefficient (Wildman–Crippen LogP) is 1.88. The van der Waals surface area contributed by atoms with Gasteiger partial charge in [0.25, 0.3) is 0 Å². The van der Waals surface area contributed by atoms with Gasteiger partial charge in [-0.25, -0.2) is 0 Å². The molecule has 2 nitrogen and oxygen atoms in total. The number of ether oxygens (including phenoxy) is 1. The van der Waals surface area contributed by atoms with Gasteiger partial charge in [-0.2, -0.15) is 0 Å². The molecule has 0 atom stereocenters. The van der Waals surface area contributed by atoms with E-state index < -0.39 is 9.76 Å². The highest BCUT2D eigenvalue weighted by Gasteiger charge is 1.92. The van der Waals surface area contributed by atoms with Gasteiger partial charge < -0.3 is 9.16 Å². The van der Waals surface area contributed by atoms with E-state index in [0.717, 1.165) is 32.7 Å². The van der Waals surface area contributed by atoms with E-state index in [1.54, 1.807) is 0 Å². The van der Waals surface area contributed by atoms with Gasteiger partial charge in [-0.3, -0.25) is 0 Å². The van der Waals surface area contributed by atoms with Crippen molar-refractivity contribution in [3.63, 3.8) is 0 Å². The molecule has 0 saturated carbocycles. The van der Waals surface area contributed by atoms with Crippen molar-refractivity contribution in [3.8, 4) is 0 Å². The lowest BCUT2D eigenvalue weighted by Crippen LogP contribution is -2.04. The number of benzene rings is 1. The molecule has 1 aromatic carbocycles. The number of hydrogen-bond donors (Lipinski definition) is 0. The Kier molecular flexibility index (Phi) is 7.68. The van der Waals surface area contributed by atoms with E-state index in [4.69, 9.17) is 9.16 Å². The summed E-state index contributed by atoms with van der Waals surface area (Å²) in [5, 5.41) is 0. The van der Waals surface area contributed by atoms with Crippen LogP contribution in [-0.2, 0) is 15.6 Å². The van der Waals surface area contributed by atoms with Crippen molar-refractivity contribution in [2.45, 2.75) is 12.8 Å². The lowest BCUT2D eigenvalue weighted by atomic mass is 10.2. The highest BCUT2D eigenvalue weighted by atomic mass is 28.2. The first-order valence-electron chi connectivity index (χ1n) is 5.74. The van der Waals surface area contributed by atoms with Crippen LogP contribution in [0.3, 0.4) is 0 Å². The van der Waals surface area contributed by atoms with Gasteiger partial charge in [0.15, 0.2) is 9.76 Å². The van der Waals surface area contributed by atoms with E-state index in [-0.39, 0.29) is 0 Å². The molecule has 0 spiro atoms. The van der Waals surface area contributed by atoms with Crippen molar-refractivity contribution in [2.24, 2.45) is 0 Å². The van der Waals surface area contributed by atoms with Crippen molar-refractivity contribution in [1.82, 2.24) is 0 Å². The summed E-state index contributed by atoms with van der Waals surface area (Å²) in [5.41, 5.74) is 3.23. The van der Waals surface area contributed by atoms with Gasteiger partial charge in [0.05, 0.1) is 6.61 Å². The third-order valence-electron chi connectivity index (χ3n) is 2.19. The normalized spacial score (nSPS) is 11.0. The van der Waals surface area contributed by atoms with Crippen LogP contribution >= 0.6 is 0 Å². The first kappa shape index (κ1) is 13.2. The monoisotopic (exact) mass is 236 g/mol. The molecule has 0 aliphatic carbocycles. The molecule has 0 bridgehead atoms. The second kappa shape index (κ2) is 9.33. The Bertz CT molecular complexity index is 275. The summed E-state index contributed by atoms with van der Waals surface area (Å²) < 4.78 is 10.9. The molecule has 1 aromatic rings. The summed E-state index contributed by atoms with van der Waals surface area (Å²) >= 11 is 0. The minimum Gasteiger partial charge on any atom is -0.419 e. The maximum atomic E-state index is 5.53. The van der Waals surface area contributed by atoms with Gasteiger partial charge in [0, 0.05) is 13.2 Å². The van der Waals surface area contributed by atoms with Gasteiger partial charge in [0.2, 0.25) is 0 Å². The Balaban J connectivity index is 1.90. The maximum absolute atomic E-state index is 5.53. The molecular weight excluding hydrogens is 216 g/mol. The summed E-state index contributed by atoms with van der Waals surface area (Å²) in [6.07, 6.45) is 1.97. The summed E-state index contributed by atoms with van der Waals surface area (Å²) in [6, 6.07) is 10.4. The van der Waals surface area contributed by atoms with Crippen LogP contribution in [0, 0.1) is 0 Å². The standard InChI is InChI=1S/C13H20O2Si/c1-2-16-15-11-6-10-14-12-9-13-7-4-3-5-8-13/h2-5,7-8H,1,6,9-12,16H2. The molecule has 0 aliphatic heterocycles. The van der Waals surface area contributed by atoms with E-state index in [1.165, 1.54) is 5.56 Å². The van der Waals surface area contributed by atoms with Crippen molar-refractivity contribution >= 4 is 9.76 Å². The van der Waals surface area contributed by atoms with Crippen LogP contribution in [0.5, 0.6) is 0 Å². The molecule has 16 heavy (non-hydrogen) atoms. The molecule has 0 radical (unpaired) electrons. The Morgan fingerprint density at radius 1 is 1.12 bits per heavy atom. The highest BCUT2D eigenvalue weighted by Crippen LogP contribution is 1.99. The first-order chi connectivity index (χ1) is 7.93. The smallest absolute Gasteiger partial charge is 0.184 e. The molecule has 0 N–H and O–H groups in total. The third-order valence-corrected chi connectivity index (χ3v) is 2.95. The van der Waals surface area contributed by atoms with Crippen molar-refractivity contribution in [3.05, 3.63) is 48.2 Å². The summed E-state index contributed by atoms with van der Waals surface area (Å²) in [5.74, 6) is 0. The van der Waals surface area contributed by atoms with Crippen LogP contribution in [0.4, 0.5) is 0 Å². The molecule has 1 rings (SSSR count). The molecular formula is C13H20O2Si. The van der Waals surface area contributed by atoms with Gasteiger partial charge in [-0.15, -0.1) is 6.58 Å². The SMILES string of the molecule is C=C[SiH2]OCCCOCCc1ccccc1. The fourth-order valence-electron chi connectivity index (χ4n) is 1.37. The Morgan fingerprint density at radius 2 is 1.94 bits per heavy atom. The molecule has 0 aromatic heterocycles. The molecule has 88 valence electrons. The Morgan fingerprint density at radius 3 is 2.69 bits per heavy atom. The first-order valence-corrected chi connectivity index (χ1v) is 7.13. The van der Waals surface area contributed by atoms with Gasteiger partial charge in [-0.1, -0.05) is 36.0 Å². The van der Waals surface area contributed by atoms with Crippen LogP contribution < -0.4 is 0 Å². The zero-order chi connectivity index (χ0) is 11.5. The quantitative estimate of drug-likeness (QED) is 0.481. The summed E-state index contributed by atoms with van der Waals surface area (Å²) in [4.78, 5) is 0. The topological polar surface area (TPSA) is 18.5 Å². The van der Waals surface area contributed by atoms with Crippen LogP contribution in [-0.4, -0.2) is 29.6 Å². The zero-order valence-electron chi connectivity index (χ0n) is 9.73. The largest absolute Gasteiger partial charge is 0.419 e. The molecule has 3 heteroatoms. The van der Waals surface area contributed by atoms with Gasteiger partial charge in [-0.05, 0) is 18.4 Å². The maximum Gasteiger partial charge on any atom is 0.184 e. The average Bonchev–Trinajstić information content (AvgIpc) is 2.34. The zero-order valence-corrected chi connectivity index (χ0v) is 11.1. The van der Waals surface area contributed by atoms with E-state index in [9.17, 15) is 0 Å². The Labute approximate surface area is 100 Å². The molecule has 0 saturated heterocycles. The number of rotatable bonds is 9. The molecule has 0 heterocycles. The van der Waals surface area contributed by atoms with Crippen LogP contribution in [0.2, 0.25) is 0 Å². The van der Waals surface area contributed by atoms with Crippen molar-refractivity contribution in [1.29, 1.82) is 0 Å². The van der Waals surface area contributed by atoms with Gasteiger partial charge in [0.1, 0.15) is 0 Å². The van der Waals surface area contributed by atoms with Gasteiger partial charge >= 0.3 is 0 Å². The molecule has 0 amide bonds. The highest BCUT2D eigenvalue weighted by molar-refractivity contribution is 6.33. The lowest BCUT2D eigenvalue weighted by molar-refractivity contribution is 0.123. The van der Waals surface area contributed by atoms with Crippen molar-refractivity contribution in [2.75, 3.05) is 19.8 Å². The molecule has 0 unspecified atom stereocenters. The summed E-state index contributed by atoms with van der Waals surface area (Å²) in [7, 11) is -0.451. The minimum atomic E-state index is -0.451. The average molecular weight is 236 g/mol. The van der Waals surface area contributed by atoms with Crippen LogP contribution in [0.1, 0.15) is 12.0 Å². The number of hydrogen-bond acceptors (Lipinski definition) is 2. The fourth-order valence-corrected chi connectivity index (χ4v) is 1.90. The Hall–Kier alpha value is -0.903. The van der Waals surface area contributed by atoms with Crippen LogP contribution in [0.15, 0.2) is 42.6 Å².